The minimum Gasteiger partial charge on any atom is -0.455 e. The van der Waals surface area contributed by atoms with Gasteiger partial charge in [0.1, 0.15) is 11.2 Å². The molecule has 0 saturated carbocycles. The third-order valence-corrected chi connectivity index (χ3v) is 15.2. The highest BCUT2D eigenvalue weighted by Gasteiger charge is 2.49. The second-order valence-electron chi connectivity index (χ2n) is 18.7. The van der Waals surface area contributed by atoms with Crippen LogP contribution in [0.4, 0.5) is 17.1 Å². The van der Waals surface area contributed by atoms with Crippen LogP contribution in [-0.2, 0) is 10.8 Å². The Balaban J connectivity index is 1.07. The molecular weight excluding hydrogens is 847 g/mol. The van der Waals surface area contributed by atoms with E-state index in [0.717, 1.165) is 50.1 Å². The van der Waals surface area contributed by atoms with Crippen molar-refractivity contribution in [3.05, 3.63) is 317 Å². The van der Waals surface area contributed by atoms with Gasteiger partial charge in [0.15, 0.2) is 0 Å². The minimum absolute atomic E-state index is 0.565. The molecular formula is C68H45NO. The number of furan rings is 1. The van der Waals surface area contributed by atoms with Gasteiger partial charge < -0.3 is 9.32 Å². The highest BCUT2D eigenvalue weighted by Crippen LogP contribution is 2.61. The van der Waals surface area contributed by atoms with Crippen LogP contribution in [0.1, 0.15) is 44.5 Å². The maximum atomic E-state index is 6.69. The molecule has 11 aromatic carbocycles. The molecule has 12 aromatic rings. The quantitative estimate of drug-likeness (QED) is 0.151. The first kappa shape index (κ1) is 40.1. The number of rotatable bonds is 8. The number of anilines is 3. The lowest BCUT2D eigenvalue weighted by Crippen LogP contribution is -2.29. The van der Waals surface area contributed by atoms with Gasteiger partial charge >= 0.3 is 0 Å². The fourth-order valence-electron chi connectivity index (χ4n) is 12.4. The molecule has 14 rings (SSSR count). The van der Waals surface area contributed by atoms with Crippen molar-refractivity contribution in [2.75, 3.05) is 4.90 Å². The van der Waals surface area contributed by atoms with Crippen LogP contribution in [0, 0.1) is 0 Å². The highest BCUT2D eigenvalue weighted by atomic mass is 16.3. The molecule has 0 N–H and O–H groups in total. The predicted octanol–water partition coefficient (Wildman–Crippen LogP) is 17.4. The number of hydrogen-bond donors (Lipinski definition) is 0. The molecule has 0 amide bonds. The van der Waals surface area contributed by atoms with E-state index in [2.05, 4.69) is 272 Å². The Labute approximate surface area is 408 Å². The molecule has 0 radical (unpaired) electrons. The van der Waals surface area contributed by atoms with Crippen molar-refractivity contribution in [3.63, 3.8) is 0 Å². The van der Waals surface area contributed by atoms with E-state index >= 15 is 0 Å². The van der Waals surface area contributed by atoms with Crippen LogP contribution in [-0.4, -0.2) is 0 Å². The van der Waals surface area contributed by atoms with Crippen molar-refractivity contribution in [2.45, 2.75) is 10.8 Å². The van der Waals surface area contributed by atoms with E-state index in [-0.39, 0.29) is 0 Å². The van der Waals surface area contributed by atoms with Gasteiger partial charge in [-0.3, -0.25) is 0 Å². The van der Waals surface area contributed by atoms with Crippen LogP contribution in [0.5, 0.6) is 0 Å². The first-order chi connectivity index (χ1) is 34.7. The molecule has 0 saturated heterocycles. The Hall–Kier alpha value is -8.98. The fourth-order valence-corrected chi connectivity index (χ4v) is 12.4. The van der Waals surface area contributed by atoms with Crippen molar-refractivity contribution in [1.29, 1.82) is 0 Å². The molecule has 70 heavy (non-hydrogen) atoms. The van der Waals surface area contributed by atoms with Gasteiger partial charge in [0.25, 0.3) is 0 Å². The first-order valence-corrected chi connectivity index (χ1v) is 24.3. The van der Waals surface area contributed by atoms with Gasteiger partial charge in [-0.2, -0.15) is 0 Å². The van der Waals surface area contributed by atoms with Gasteiger partial charge in [-0.25, -0.2) is 0 Å². The van der Waals surface area contributed by atoms with Gasteiger partial charge in [0.2, 0.25) is 0 Å². The van der Waals surface area contributed by atoms with Crippen molar-refractivity contribution in [1.82, 2.24) is 0 Å². The van der Waals surface area contributed by atoms with Crippen molar-refractivity contribution in [3.8, 4) is 33.4 Å². The topological polar surface area (TPSA) is 16.4 Å². The van der Waals surface area contributed by atoms with Gasteiger partial charge in [-0.15, -0.1) is 0 Å². The Bertz CT molecular complexity index is 3870. The fraction of sp³-hybridized carbons (Fsp3) is 0.0294. The molecule has 0 bridgehead atoms. The van der Waals surface area contributed by atoms with E-state index in [0.29, 0.717) is 0 Å². The summed E-state index contributed by atoms with van der Waals surface area (Å²) < 4.78 is 6.69. The third-order valence-electron chi connectivity index (χ3n) is 15.2. The summed E-state index contributed by atoms with van der Waals surface area (Å²) in [5.41, 5.74) is 21.0. The number of nitrogens with zero attached hydrogens (tertiary/aromatic N) is 1. The zero-order valence-corrected chi connectivity index (χ0v) is 38.3. The summed E-state index contributed by atoms with van der Waals surface area (Å²) in [6, 6.07) is 101. The predicted molar refractivity (Wildman–Crippen MR) is 288 cm³/mol. The maximum Gasteiger partial charge on any atom is 0.143 e. The minimum atomic E-state index is -0.573. The highest BCUT2D eigenvalue weighted by molar-refractivity contribution is 6.10. The van der Waals surface area contributed by atoms with Gasteiger partial charge in [0.05, 0.1) is 16.5 Å². The molecule has 2 heteroatoms. The lowest BCUT2D eigenvalue weighted by molar-refractivity contribution is 0.670. The van der Waals surface area contributed by atoms with Crippen LogP contribution >= 0.6 is 0 Å². The van der Waals surface area contributed by atoms with Gasteiger partial charge in [-0.1, -0.05) is 237 Å². The van der Waals surface area contributed by atoms with E-state index in [1.54, 1.807) is 0 Å². The summed E-state index contributed by atoms with van der Waals surface area (Å²) in [5.74, 6) is 0. The monoisotopic (exact) mass is 891 g/mol. The summed E-state index contributed by atoms with van der Waals surface area (Å²) in [7, 11) is 0. The smallest absolute Gasteiger partial charge is 0.143 e. The Morgan fingerprint density at radius 1 is 0.300 bits per heavy atom. The van der Waals surface area contributed by atoms with E-state index in [9.17, 15) is 0 Å². The number of fused-ring (bicyclic) bond motifs is 9. The molecule has 2 aliphatic rings. The molecule has 1 aromatic heterocycles. The summed E-state index contributed by atoms with van der Waals surface area (Å²) in [5, 5.41) is 2.23. The Kier molecular flexibility index (Phi) is 9.06. The molecule has 0 spiro atoms. The summed E-state index contributed by atoms with van der Waals surface area (Å²) in [6.45, 7) is 0. The van der Waals surface area contributed by atoms with Crippen molar-refractivity contribution < 1.29 is 4.42 Å². The third kappa shape index (κ3) is 5.68. The van der Waals surface area contributed by atoms with Crippen molar-refractivity contribution in [2.24, 2.45) is 0 Å². The van der Waals surface area contributed by atoms with E-state index < -0.39 is 10.8 Å². The van der Waals surface area contributed by atoms with Gasteiger partial charge in [-0.05, 0) is 103 Å². The van der Waals surface area contributed by atoms with Crippen LogP contribution in [0.25, 0.3) is 55.3 Å². The second kappa shape index (κ2) is 15.8. The number of para-hydroxylation sites is 2. The van der Waals surface area contributed by atoms with Crippen molar-refractivity contribution >= 4 is 39.0 Å². The lowest BCUT2D eigenvalue weighted by atomic mass is 9.67. The maximum absolute atomic E-state index is 6.69. The number of benzene rings is 11. The molecule has 0 atom stereocenters. The Morgan fingerprint density at radius 2 is 0.771 bits per heavy atom. The molecule has 1 heterocycles. The largest absolute Gasteiger partial charge is 0.455 e. The van der Waals surface area contributed by atoms with E-state index in [1.807, 2.05) is 6.07 Å². The SMILES string of the molecule is c1ccc(C2(c3ccccc3)c3ccccc3-c3ccc(N(c4cccc(-c5cccc6c5oc5ccccc56)c4)c4cccc5c4-c4ccccc4C5(c4ccccc4)c4ccccc4)cc32)cc1. The summed E-state index contributed by atoms with van der Waals surface area (Å²) in [6.07, 6.45) is 0. The molecule has 2 nitrogen and oxygen atoms in total. The van der Waals surface area contributed by atoms with Crippen LogP contribution in [0.15, 0.2) is 277 Å². The zero-order valence-electron chi connectivity index (χ0n) is 38.3. The molecule has 0 fully saturated rings. The normalized spacial score (nSPS) is 13.7. The summed E-state index contributed by atoms with van der Waals surface area (Å²) >= 11 is 0. The molecule has 0 aliphatic heterocycles. The second-order valence-corrected chi connectivity index (χ2v) is 18.7. The standard InChI is InChI=1S/C68H45NO/c1-5-23-47(24-6-1)67(48-25-7-2-8-26-48)60-38-17-14-34-58(60)65-61(67)39-21-40-63(65)69(51-31-19-22-46(44-51)53-35-20-36-57-56-33-15-18-41-64(56)70-66(53)57)52-42-43-55-54-32-13-16-37-59(54)68(62(55)45-52,49-27-9-3-10-28-49)50-29-11-4-12-30-50/h1-45H. The van der Waals surface area contributed by atoms with Crippen LogP contribution in [0.2, 0.25) is 0 Å². The average molecular weight is 892 g/mol. The van der Waals surface area contributed by atoms with E-state index in [1.165, 1.54) is 66.8 Å². The molecule has 0 unspecified atom stereocenters. The lowest BCUT2D eigenvalue weighted by Gasteiger charge is -2.35. The first-order valence-electron chi connectivity index (χ1n) is 24.3. The molecule has 328 valence electrons. The van der Waals surface area contributed by atoms with E-state index in [4.69, 9.17) is 4.42 Å². The average Bonchev–Trinajstić information content (AvgIpc) is 4.08. The number of hydrogen-bond acceptors (Lipinski definition) is 2. The summed E-state index contributed by atoms with van der Waals surface area (Å²) in [4.78, 5) is 2.52. The Morgan fingerprint density at radius 3 is 1.44 bits per heavy atom. The van der Waals surface area contributed by atoms with Gasteiger partial charge in [0, 0.05) is 33.3 Å². The van der Waals surface area contributed by atoms with Crippen LogP contribution < -0.4 is 4.90 Å². The molecule has 2 aliphatic carbocycles. The zero-order chi connectivity index (χ0) is 46.2. The van der Waals surface area contributed by atoms with Crippen LogP contribution in [0.3, 0.4) is 0 Å².